The highest BCUT2D eigenvalue weighted by Crippen LogP contribution is 2.18. The molecular formula is C27H28N2O6. The Kier molecular flexibility index (Phi) is 9.68. The molecule has 0 atom stereocenters. The second-order valence-electron chi connectivity index (χ2n) is 7.45. The van der Waals surface area contributed by atoms with Crippen LogP contribution in [0, 0.1) is 0 Å². The summed E-state index contributed by atoms with van der Waals surface area (Å²) >= 11 is 0. The molecule has 0 saturated heterocycles. The maximum Gasteiger partial charge on any atom is 0.343 e. The van der Waals surface area contributed by atoms with Crippen LogP contribution in [0.3, 0.4) is 0 Å². The first kappa shape index (κ1) is 25.3. The Morgan fingerprint density at radius 2 is 1.57 bits per heavy atom. The van der Waals surface area contributed by atoms with Crippen molar-refractivity contribution in [1.29, 1.82) is 0 Å². The largest absolute Gasteiger partial charge is 0.497 e. The van der Waals surface area contributed by atoms with Crippen LogP contribution in [0.5, 0.6) is 23.0 Å². The lowest BCUT2D eigenvalue weighted by molar-refractivity contribution is -0.123. The molecule has 182 valence electrons. The summed E-state index contributed by atoms with van der Waals surface area (Å²) < 4.78 is 21.6. The Bertz CT molecular complexity index is 1130. The van der Waals surface area contributed by atoms with E-state index in [9.17, 15) is 9.59 Å². The SMILES string of the molecule is CCCCOc1ccc(OCC(=O)N/N=C\c2cccc(OC(=O)c3ccc(OC)cc3)c2)cc1. The predicted octanol–water partition coefficient (Wildman–Crippen LogP) is 4.62. The van der Waals surface area contributed by atoms with Crippen molar-refractivity contribution in [3.05, 3.63) is 83.9 Å². The van der Waals surface area contributed by atoms with Crippen LogP contribution in [0.15, 0.2) is 77.9 Å². The van der Waals surface area contributed by atoms with Crippen molar-refractivity contribution in [3.63, 3.8) is 0 Å². The third kappa shape index (κ3) is 8.51. The number of unbranched alkanes of at least 4 members (excludes halogenated alkanes) is 1. The predicted molar refractivity (Wildman–Crippen MR) is 132 cm³/mol. The van der Waals surface area contributed by atoms with Crippen molar-refractivity contribution < 1.29 is 28.5 Å². The molecule has 3 rings (SSSR count). The van der Waals surface area contributed by atoms with E-state index in [2.05, 4.69) is 17.5 Å². The van der Waals surface area contributed by atoms with Crippen LogP contribution in [-0.4, -0.2) is 38.4 Å². The van der Waals surface area contributed by atoms with Gasteiger partial charge in [-0.25, -0.2) is 10.2 Å². The van der Waals surface area contributed by atoms with Gasteiger partial charge in [0.25, 0.3) is 5.91 Å². The summed E-state index contributed by atoms with van der Waals surface area (Å²) in [5, 5.41) is 3.93. The van der Waals surface area contributed by atoms with E-state index in [1.165, 1.54) is 6.21 Å². The van der Waals surface area contributed by atoms with Crippen LogP contribution in [0.25, 0.3) is 0 Å². The third-order valence-corrected chi connectivity index (χ3v) is 4.76. The molecule has 0 spiro atoms. The number of carbonyl (C=O) groups excluding carboxylic acids is 2. The lowest BCUT2D eigenvalue weighted by Gasteiger charge is -2.08. The average molecular weight is 477 g/mol. The first-order valence-corrected chi connectivity index (χ1v) is 11.2. The molecule has 1 amide bonds. The third-order valence-electron chi connectivity index (χ3n) is 4.76. The molecule has 0 unspecified atom stereocenters. The standard InChI is InChI=1S/C27H28N2O6/c1-3-4-16-33-23-12-14-24(15-13-23)34-19-26(30)29-28-18-20-6-5-7-25(17-20)35-27(31)21-8-10-22(32-2)11-9-21/h5-15,17-18H,3-4,16,19H2,1-2H3,(H,29,30)/b28-18-. The van der Waals surface area contributed by atoms with Gasteiger partial charge in [0.05, 0.1) is 25.5 Å². The molecule has 35 heavy (non-hydrogen) atoms. The van der Waals surface area contributed by atoms with Crippen LogP contribution in [0.1, 0.15) is 35.7 Å². The quantitative estimate of drug-likeness (QED) is 0.135. The number of esters is 1. The fraction of sp³-hybridized carbons (Fsp3) is 0.222. The highest BCUT2D eigenvalue weighted by molar-refractivity contribution is 5.91. The molecule has 8 nitrogen and oxygen atoms in total. The van der Waals surface area contributed by atoms with Gasteiger partial charge >= 0.3 is 5.97 Å². The monoisotopic (exact) mass is 476 g/mol. The second-order valence-corrected chi connectivity index (χ2v) is 7.45. The summed E-state index contributed by atoms with van der Waals surface area (Å²) in [4.78, 5) is 24.3. The molecule has 0 bridgehead atoms. The molecule has 3 aromatic rings. The number of carbonyl (C=O) groups is 2. The number of amides is 1. The lowest BCUT2D eigenvalue weighted by atomic mass is 10.2. The fourth-order valence-electron chi connectivity index (χ4n) is 2.88. The van der Waals surface area contributed by atoms with Gasteiger partial charge in [0, 0.05) is 0 Å². The minimum absolute atomic E-state index is 0.188. The minimum Gasteiger partial charge on any atom is -0.497 e. The Hall–Kier alpha value is -4.33. The number of nitrogens with one attached hydrogen (secondary N) is 1. The van der Waals surface area contributed by atoms with Crippen LogP contribution >= 0.6 is 0 Å². The van der Waals surface area contributed by atoms with Gasteiger partial charge in [-0.1, -0.05) is 25.5 Å². The number of hydrazone groups is 1. The summed E-state index contributed by atoms with van der Waals surface area (Å²) in [5.74, 6) is 1.42. The highest BCUT2D eigenvalue weighted by Gasteiger charge is 2.09. The van der Waals surface area contributed by atoms with Crippen molar-refractivity contribution in [2.45, 2.75) is 19.8 Å². The van der Waals surface area contributed by atoms with Gasteiger partial charge in [0.2, 0.25) is 0 Å². The zero-order valence-corrected chi connectivity index (χ0v) is 19.7. The average Bonchev–Trinajstić information content (AvgIpc) is 2.88. The van der Waals surface area contributed by atoms with E-state index in [0.29, 0.717) is 35.0 Å². The lowest BCUT2D eigenvalue weighted by Crippen LogP contribution is -2.24. The number of hydrogen-bond donors (Lipinski definition) is 1. The molecule has 3 aromatic carbocycles. The van der Waals surface area contributed by atoms with Gasteiger partial charge in [0.15, 0.2) is 6.61 Å². The molecular weight excluding hydrogens is 448 g/mol. The zero-order chi connectivity index (χ0) is 24.9. The van der Waals surface area contributed by atoms with Gasteiger partial charge in [-0.3, -0.25) is 4.79 Å². The maximum absolute atomic E-state index is 12.3. The van der Waals surface area contributed by atoms with Crippen LogP contribution in [-0.2, 0) is 4.79 Å². The van der Waals surface area contributed by atoms with Gasteiger partial charge < -0.3 is 18.9 Å². The van der Waals surface area contributed by atoms with Crippen molar-refractivity contribution in [2.75, 3.05) is 20.3 Å². The smallest absolute Gasteiger partial charge is 0.343 e. The number of hydrogen-bond acceptors (Lipinski definition) is 7. The number of ether oxygens (including phenoxy) is 4. The molecule has 0 aliphatic heterocycles. The van der Waals surface area contributed by atoms with Crippen molar-refractivity contribution in [2.24, 2.45) is 5.10 Å². The van der Waals surface area contributed by atoms with E-state index in [1.54, 1.807) is 79.9 Å². The van der Waals surface area contributed by atoms with Crippen molar-refractivity contribution >= 4 is 18.1 Å². The number of rotatable bonds is 12. The molecule has 0 radical (unpaired) electrons. The summed E-state index contributed by atoms with van der Waals surface area (Å²) in [5.41, 5.74) is 3.45. The number of methoxy groups -OCH3 is 1. The van der Waals surface area contributed by atoms with Crippen LogP contribution in [0.2, 0.25) is 0 Å². The Morgan fingerprint density at radius 3 is 2.26 bits per heavy atom. The topological polar surface area (TPSA) is 95.5 Å². The Balaban J connectivity index is 1.44. The zero-order valence-electron chi connectivity index (χ0n) is 19.7. The second kappa shape index (κ2) is 13.4. The van der Waals surface area contributed by atoms with E-state index in [0.717, 1.165) is 18.6 Å². The minimum atomic E-state index is -0.493. The summed E-state index contributed by atoms with van der Waals surface area (Å²) in [6.07, 6.45) is 3.52. The van der Waals surface area contributed by atoms with E-state index in [-0.39, 0.29) is 6.61 Å². The first-order chi connectivity index (χ1) is 17.1. The Labute approximate surface area is 204 Å². The fourth-order valence-corrected chi connectivity index (χ4v) is 2.88. The molecule has 0 saturated carbocycles. The van der Waals surface area contributed by atoms with Crippen molar-refractivity contribution in [3.8, 4) is 23.0 Å². The molecule has 1 N–H and O–H groups in total. The molecule has 0 aromatic heterocycles. The van der Waals surface area contributed by atoms with Gasteiger partial charge in [-0.15, -0.1) is 0 Å². The van der Waals surface area contributed by atoms with Gasteiger partial charge in [0.1, 0.15) is 23.0 Å². The molecule has 8 heteroatoms. The van der Waals surface area contributed by atoms with E-state index < -0.39 is 11.9 Å². The number of nitrogens with zero attached hydrogens (tertiary/aromatic N) is 1. The number of benzene rings is 3. The Morgan fingerprint density at radius 1 is 0.886 bits per heavy atom. The van der Waals surface area contributed by atoms with Crippen LogP contribution < -0.4 is 24.4 Å². The molecule has 0 aliphatic rings. The summed E-state index contributed by atoms with van der Waals surface area (Å²) in [6.45, 7) is 2.59. The molecule has 0 heterocycles. The highest BCUT2D eigenvalue weighted by atomic mass is 16.5. The summed E-state index contributed by atoms with van der Waals surface area (Å²) in [7, 11) is 1.55. The van der Waals surface area contributed by atoms with E-state index in [4.69, 9.17) is 18.9 Å². The maximum atomic E-state index is 12.3. The molecule has 0 fully saturated rings. The van der Waals surface area contributed by atoms with Gasteiger partial charge in [-0.05, 0) is 72.6 Å². The van der Waals surface area contributed by atoms with Crippen molar-refractivity contribution in [1.82, 2.24) is 5.43 Å². The molecule has 0 aliphatic carbocycles. The van der Waals surface area contributed by atoms with Crippen LogP contribution in [0.4, 0.5) is 0 Å². The van der Waals surface area contributed by atoms with E-state index in [1.807, 2.05) is 0 Å². The summed E-state index contributed by atoms with van der Waals surface area (Å²) in [6, 6.07) is 20.5. The first-order valence-electron chi connectivity index (χ1n) is 11.2. The van der Waals surface area contributed by atoms with E-state index >= 15 is 0 Å². The normalized spacial score (nSPS) is 10.6. The van der Waals surface area contributed by atoms with Gasteiger partial charge in [-0.2, -0.15) is 5.10 Å².